The number of hydrogen-bond acceptors (Lipinski definition) is 2. The Kier molecular flexibility index (Phi) is 54.0. The lowest BCUT2D eigenvalue weighted by Gasteiger charge is -2.06. The van der Waals surface area contributed by atoms with Crippen LogP contribution in [-0.4, -0.2) is 12.6 Å². The normalized spacial score (nSPS) is 11.6. The molecule has 0 aliphatic heterocycles. The molecule has 0 bridgehead atoms. The molecule has 0 aromatic rings. The molecule has 0 aromatic carbocycles. The Labute approximate surface area is 368 Å². The molecule has 0 radical (unpaired) electrons. The topological polar surface area (TPSA) is 26.3 Å². The fourth-order valence-corrected chi connectivity index (χ4v) is 9.08. The van der Waals surface area contributed by atoms with Crippen molar-refractivity contribution in [3.05, 3.63) is 0 Å². The van der Waals surface area contributed by atoms with E-state index in [-0.39, 0.29) is 5.97 Å². The van der Waals surface area contributed by atoms with Crippen LogP contribution in [0.2, 0.25) is 0 Å². The Morgan fingerprint density at radius 1 is 0.224 bits per heavy atom. The van der Waals surface area contributed by atoms with Crippen LogP contribution in [0, 0.1) is 0 Å². The molecule has 0 rings (SSSR count). The van der Waals surface area contributed by atoms with Crippen molar-refractivity contribution in [1.82, 2.24) is 0 Å². The van der Waals surface area contributed by atoms with Crippen LogP contribution in [0.4, 0.5) is 0 Å². The van der Waals surface area contributed by atoms with Crippen LogP contribution in [0.3, 0.4) is 0 Å². The van der Waals surface area contributed by atoms with Gasteiger partial charge >= 0.3 is 5.97 Å². The molecule has 0 aromatic heterocycles. The van der Waals surface area contributed by atoms with Crippen LogP contribution in [-0.2, 0) is 9.53 Å². The zero-order chi connectivity index (χ0) is 41.8. The van der Waals surface area contributed by atoms with E-state index in [1.807, 2.05) is 0 Å². The van der Waals surface area contributed by atoms with Crippen LogP contribution in [0.1, 0.15) is 348 Å². The summed E-state index contributed by atoms with van der Waals surface area (Å²) in [7, 11) is 0. The van der Waals surface area contributed by atoms with Crippen molar-refractivity contribution >= 4 is 5.97 Å². The van der Waals surface area contributed by atoms with Crippen molar-refractivity contribution in [3.63, 3.8) is 0 Å². The lowest BCUT2D eigenvalue weighted by Crippen LogP contribution is -2.05. The van der Waals surface area contributed by atoms with Crippen molar-refractivity contribution < 1.29 is 9.53 Å². The molecule has 348 valence electrons. The molecule has 2 heteroatoms. The number of carbonyl (C=O) groups is 1. The second-order valence-electron chi connectivity index (χ2n) is 19.3. The first-order valence-corrected chi connectivity index (χ1v) is 28.0. The summed E-state index contributed by atoms with van der Waals surface area (Å²) in [5, 5.41) is 0. The number of rotatable bonds is 53. The van der Waals surface area contributed by atoms with Gasteiger partial charge in [-0.1, -0.05) is 328 Å². The van der Waals surface area contributed by atoms with Gasteiger partial charge in [-0.25, -0.2) is 0 Å². The summed E-state index contributed by atoms with van der Waals surface area (Å²) in [6.45, 7) is 5.25. The van der Waals surface area contributed by atoms with Crippen LogP contribution in [0.15, 0.2) is 0 Å². The maximum Gasteiger partial charge on any atom is 0.305 e. The van der Waals surface area contributed by atoms with Crippen LogP contribution in [0.5, 0.6) is 0 Å². The summed E-state index contributed by atoms with van der Waals surface area (Å²) in [4.78, 5) is 12.1. The summed E-state index contributed by atoms with van der Waals surface area (Å²) in [5.41, 5.74) is 0. The van der Waals surface area contributed by atoms with E-state index in [0.717, 1.165) is 12.8 Å². The van der Waals surface area contributed by atoms with Gasteiger partial charge in [0.2, 0.25) is 0 Å². The first-order valence-electron chi connectivity index (χ1n) is 28.0. The van der Waals surface area contributed by atoms with E-state index in [2.05, 4.69) is 13.8 Å². The largest absolute Gasteiger partial charge is 0.466 e. The number of ether oxygens (including phenoxy) is 1. The van der Waals surface area contributed by atoms with Gasteiger partial charge in [0.25, 0.3) is 0 Å². The van der Waals surface area contributed by atoms with Gasteiger partial charge in [0.1, 0.15) is 0 Å². The van der Waals surface area contributed by atoms with Gasteiger partial charge in [-0.15, -0.1) is 0 Å². The molecule has 0 saturated carbocycles. The zero-order valence-corrected chi connectivity index (χ0v) is 40.8. The highest BCUT2D eigenvalue weighted by Crippen LogP contribution is 2.18. The molecule has 0 aliphatic carbocycles. The molecule has 0 N–H and O–H groups in total. The lowest BCUT2D eigenvalue weighted by atomic mass is 10.0. The Morgan fingerprint density at radius 2 is 0.379 bits per heavy atom. The second-order valence-corrected chi connectivity index (χ2v) is 19.3. The summed E-state index contributed by atoms with van der Waals surface area (Å²) >= 11 is 0. The zero-order valence-electron chi connectivity index (χ0n) is 40.8. The monoisotopic (exact) mass is 817 g/mol. The molecule has 0 spiro atoms. The third-order valence-electron chi connectivity index (χ3n) is 13.2. The molecular formula is C56H112O2. The molecule has 0 unspecified atom stereocenters. The van der Waals surface area contributed by atoms with E-state index in [1.54, 1.807) is 0 Å². The van der Waals surface area contributed by atoms with Crippen LogP contribution >= 0.6 is 0 Å². The minimum Gasteiger partial charge on any atom is -0.466 e. The van der Waals surface area contributed by atoms with Crippen molar-refractivity contribution in [2.75, 3.05) is 6.61 Å². The van der Waals surface area contributed by atoms with E-state index >= 15 is 0 Å². The SMILES string of the molecule is CCCCCCCCCCCCCCCCCCCCCCCCCCCCOC(=O)CCCCCCCCCCCCCCCCCCCCCCCCCCC. The minimum atomic E-state index is 0.0358. The average Bonchev–Trinajstić information content (AvgIpc) is 3.23. The van der Waals surface area contributed by atoms with E-state index in [1.165, 1.54) is 315 Å². The van der Waals surface area contributed by atoms with Gasteiger partial charge < -0.3 is 4.74 Å². The van der Waals surface area contributed by atoms with Gasteiger partial charge in [-0.05, 0) is 12.8 Å². The molecule has 0 amide bonds. The second kappa shape index (κ2) is 54.5. The highest BCUT2D eigenvalue weighted by atomic mass is 16.5. The predicted molar refractivity (Wildman–Crippen MR) is 262 cm³/mol. The number of esters is 1. The molecule has 0 heterocycles. The average molecular weight is 818 g/mol. The van der Waals surface area contributed by atoms with Crippen molar-refractivity contribution in [2.45, 2.75) is 348 Å². The molecule has 0 aliphatic rings. The first kappa shape index (κ1) is 57.5. The maximum atomic E-state index is 12.1. The summed E-state index contributed by atoms with van der Waals surface area (Å²) < 4.78 is 5.51. The fourth-order valence-electron chi connectivity index (χ4n) is 9.08. The Bertz CT molecular complexity index is 717. The highest BCUT2D eigenvalue weighted by Gasteiger charge is 2.03. The third-order valence-corrected chi connectivity index (χ3v) is 13.2. The van der Waals surface area contributed by atoms with Gasteiger partial charge in [0.15, 0.2) is 0 Å². The molecule has 2 nitrogen and oxygen atoms in total. The van der Waals surface area contributed by atoms with Crippen molar-refractivity contribution in [1.29, 1.82) is 0 Å². The van der Waals surface area contributed by atoms with E-state index in [9.17, 15) is 4.79 Å². The molecule has 0 saturated heterocycles. The van der Waals surface area contributed by atoms with Gasteiger partial charge in [-0.2, -0.15) is 0 Å². The van der Waals surface area contributed by atoms with E-state index in [0.29, 0.717) is 13.0 Å². The Balaban J connectivity index is 3.14. The number of carbonyl (C=O) groups excluding carboxylic acids is 1. The van der Waals surface area contributed by atoms with Crippen molar-refractivity contribution in [3.8, 4) is 0 Å². The standard InChI is InChI=1S/C56H112O2/c1-3-5-7-9-11-13-15-17-19-21-23-25-27-29-31-33-35-37-39-41-43-45-47-49-51-53-55-58-56(57)54-52-50-48-46-44-42-40-38-36-34-32-30-28-26-24-22-20-18-16-14-12-10-8-6-4-2/h3-55H2,1-2H3. The molecule has 0 atom stereocenters. The summed E-state index contributed by atoms with van der Waals surface area (Å²) in [6, 6.07) is 0. The Hall–Kier alpha value is -0.530. The van der Waals surface area contributed by atoms with Crippen LogP contribution in [0.25, 0.3) is 0 Å². The minimum absolute atomic E-state index is 0.0358. The first-order chi connectivity index (χ1) is 28.8. The predicted octanol–water partition coefficient (Wildman–Crippen LogP) is 20.9. The summed E-state index contributed by atoms with van der Waals surface area (Å²) in [5.74, 6) is 0.0358. The smallest absolute Gasteiger partial charge is 0.305 e. The maximum absolute atomic E-state index is 12.1. The molecular weight excluding hydrogens is 705 g/mol. The summed E-state index contributed by atoms with van der Waals surface area (Å²) in [6.07, 6.45) is 72.8. The van der Waals surface area contributed by atoms with E-state index < -0.39 is 0 Å². The molecule has 58 heavy (non-hydrogen) atoms. The van der Waals surface area contributed by atoms with Gasteiger partial charge in [0.05, 0.1) is 6.61 Å². The fraction of sp³-hybridized carbons (Fsp3) is 0.982. The van der Waals surface area contributed by atoms with E-state index in [4.69, 9.17) is 4.74 Å². The highest BCUT2D eigenvalue weighted by molar-refractivity contribution is 5.69. The lowest BCUT2D eigenvalue weighted by molar-refractivity contribution is -0.143. The van der Waals surface area contributed by atoms with Crippen LogP contribution < -0.4 is 0 Å². The van der Waals surface area contributed by atoms with Gasteiger partial charge in [0, 0.05) is 6.42 Å². The van der Waals surface area contributed by atoms with Crippen molar-refractivity contribution in [2.24, 2.45) is 0 Å². The Morgan fingerprint density at radius 3 is 0.569 bits per heavy atom. The number of unbranched alkanes of at least 4 members (excludes halogenated alkanes) is 49. The number of hydrogen-bond donors (Lipinski definition) is 0. The third kappa shape index (κ3) is 53.5. The van der Waals surface area contributed by atoms with Gasteiger partial charge in [-0.3, -0.25) is 4.79 Å². The molecule has 0 fully saturated rings. The quantitative estimate of drug-likeness (QED) is 0.0451.